The smallest absolute Gasteiger partial charge is 0.242 e. The largest absolute Gasteiger partial charge is 0.344 e. The number of nitrogens with one attached hydrogen (secondary N) is 1. The van der Waals surface area contributed by atoms with Crippen LogP contribution < -0.4 is 5.32 Å². The fourth-order valence-electron chi connectivity index (χ4n) is 1.91. The molecule has 1 N–H and O–H groups in total. The molecule has 0 radical (unpaired) electrons. The lowest BCUT2D eigenvalue weighted by Crippen LogP contribution is -2.63. The molecule has 5 nitrogen and oxygen atoms in total. The van der Waals surface area contributed by atoms with Crippen molar-refractivity contribution in [3.8, 4) is 12.3 Å². The fourth-order valence-corrected chi connectivity index (χ4v) is 1.91. The summed E-state index contributed by atoms with van der Waals surface area (Å²) in [6.07, 6.45) is 5.06. The third-order valence-corrected chi connectivity index (χ3v) is 3.09. The maximum Gasteiger partial charge on any atom is 0.242 e. The van der Waals surface area contributed by atoms with Crippen LogP contribution >= 0.6 is 0 Å². The number of amides is 2. The van der Waals surface area contributed by atoms with Crippen LogP contribution in [0, 0.1) is 12.3 Å². The summed E-state index contributed by atoms with van der Waals surface area (Å²) in [7, 11) is 1.78. The Kier molecular flexibility index (Phi) is 4.13. The topological polar surface area (TPSA) is 52.7 Å². The van der Waals surface area contributed by atoms with Crippen LogP contribution in [-0.4, -0.2) is 60.4 Å². The molecule has 0 unspecified atom stereocenters. The third-order valence-electron chi connectivity index (χ3n) is 3.09. The molecule has 1 aliphatic heterocycles. The number of carbonyl (C=O) groups excluding carboxylic acids is 2. The van der Waals surface area contributed by atoms with Gasteiger partial charge in [-0.2, -0.15) is 0 Å². The summed E-state index contributed by atoms with van der Waals surface area (Å²) in [4.78, 5) is 27.1. The zero-order valence-corrected chi connectivity index (χ0v) is 10.6. The first-order valence-corrected chi connectivity index (χ1v) is 5.60. The van der Waals surface area contributed by atoms with Gasteiger partial charge in [-0.3, -0.25) is 14.5 Å². The average molecular weight is 237 g/mol. The predicted molar refractivity (Wildman–Crippen MR) is 65.1 cm³/mol. The molecular weight excluding hydrogens is 218 g/mol. The molecule has 1 rings (SSSR count). The normalized spacial score (nSPS) is 19.9. The van der Waals surface area contributed by atoms with E-state index in [2.05, 4.69) is 11.2 Å². The Bertz CT molecular complexity index is 357. The van der Waals surface area contributed by atoms with Gasteiger partial charge in [-0.1, -0.05) is 5.92 Å². The van der Waals surface area contributed by atoms with Gasteiger partial charge in [-0.25, -0.2) is 0 Å². The molecule has 0 aromatic rings. The molecule has 94 valence electrons. The van der Waals surface area contributed by atoms with E-state index in [9.17, 15) is 9.59 Å². The Balaban J connectivity index is 2.63. The molecule has 17 heavy (non-hydrogen) atoms. The van der Waals surface area contributed by atoms with Gasteiger partial charge in [0.15, 0.2) is 0 Å². The Labute approximate surface area is 102 Å². The van der Waals surface area contributed by atoms with Crippen LogP contribution in [0.5, 0.6) is 0 Å². The predicted octanol–water partition coefficient (Wildman–Crippen LogP) is -0.712. The highest BCUT2D eigenvalue weighted by atomic mass is 16.2. The third kappa shape index (κ3) is 2.98. The molecule has 0 bridgehead atoms. The Hall–Kier alpha value is -1.54. The molecule has 0 aliphatic carbocycles. The molecule has 0 aromatic heterocycles. The summed E-state index contributed by atoms with van der Waals surface area (Å²) in [5.41, 5.74) is -0.638. The first kappa shape index (κ1) is 13.5. The first-order valence-electron chi connectivity index (χ1n) is 5.60. The second kappa shape index (κ2) is 5.19. The van der Waals surface area contributed by atoms with Crippen LogP contribution in [0.15, 0.2) is 0 Å². The van der Waals surface area contributed by atoms with Crippen molar-refractivity contribution < 1.29 is 9.59 Å². The maximum absolute atomic E-state index is 12.0. The maximum atomic E-state index is 12.0. The zero-order chi connectivity index (χ0) is 13.1. The van der Waals surface area contributed by atoms with Crippen molar-refractivity contribution in [2.45, 2.75) is 19.4 Å². The summed E-state index contributed by atoms with van der Waals surface area (Å²) >= 11 is 0. The number of likely N-dealkylation sites (N-methyl/N-ethyl adjacent to an activating group) is 1. The number of carbonyl (C=O) groups is 2. The molecule has 2 amide bonds. The van der Waals surface area contributed by atoms with E-state index >= 15 is 0 Å². The van der Waals surface area contributed by atoms with Gasteiger partial charge < -0.3 is 10.2 Å². The highest BCUT2D eigenvalue weighted by Crippen LogP contribution is 2.20. The minimum atomic E-state index is -0.638. The number of nitrogens with zero attached hydrogens (tertiary/aromatic N) is 2. The van der Waals surface area contributed by atoms with Gasteiger partial charge in [-0.15, -0.1) is 6.42 Å². The molecule has 5 heteroatoms. The van der Waals surface area contributed by atoms with Crippen molar-refractivity contribution in [2.24, 2.45) is 0 Å². The van der Waals surface area contributed by atoms with Gasteiger partial charge in [0.2, 0.25) is 11.8 Å². The van der Waals surface area contributed by atoms with E-state index < -0.39 is 5.54 Å². The molecule has 1 aliphatic rings. The molecule has 0 aromatic carbocycles. The number of terminal acetylenes is 1. The summed E-state index contributed by atoms with van der Waals surface area (Å²) in [6, 6.07) is 0. The minimum absolute atomic E-state index is 0.0356. The van der Waals surface area contributed by atoms with Crippen molar-refractivity contribution in [2.75, 3.05) is 33.2 Å². The lowest BCUT2D eigenvalue weighted by molar-refractivity contribution is -0.148. The minimum Gasteiger partial charge on any atom is -0.344 e. The van der Waals surface area contributed by atoms with Crippen LogP contribution in [-0.2, 0) is 9.59 Å². The van der Waals surface area contributed by atoms with E-state index in [-0.39, 0.29) is 24.9 Å². The molecule has 0 saturated carbocycles. The molecular formula is C12H19N3O2. The molecule has 0 atom stereocenters. The van der Waals surface area contributed by atoms with Crippen LogP contribution in [0.1, 0.15) is 13.8 Å². The van der Waals surface area contributed by atoms with E-state index in [1.165, 1.54) is 0 Å². The van der Waals surface area contributed by atoms with Crippen molar-refractivity contribution in [1.29, 1.82) is 0 Å². The van der Waals surface area contributed by atoms with Gasteiger partial charge in [0.05, 0.1) is 18.6 Å². The highest BCUT2D eigenvalue weighted by Gasteiger charge is 2.40. The Morgan fingerprint density at radius 1 is 1.53 bits per heavy atom. The van der Waals surface area contributed by atoms with Crippen molar-refractivity contribution in [3.63, 3.8) is 0 Å². The monoisotopic (exact) mass is 237 g/mol. The van der Waals surface area contributed by atoms with E-state index in [1.54, 1.807) is 11.9 Å². The van der Waals surface area contributed by atoms with Crippen LogP contribution in [0.3, 0.4) is 0 Å². The standard InChI is InChI=1S/C12H19N3O2/c1-5-6-13-10(16)9-15-8-7-14(4)11(17)12(15,2)3/h1H,6-9H2,2-4H3,(H,13,16). The SMILES string of the molecule is C#CCNC(=O)CN1CCN(C)C(=O)C1(C)C. The number of piperazine rings is 1. The second-order valence-electron chi connectivity index (χ2n) is 4.69. The van der Waals surface area contributed by atoms with Crippen LogP contribution in [0.2, 0.25) is 0 Å². The number of hydrogen-bond acceptors (Lipinski definition) is 3. The van der Waals surface area contributed by atoms with Gasteiger partial charge in [-0.05, 0) is 13.8 Å². The molecule has 1 heterocycles. The van der Waals surface area contributed by atoms with Gasteiger partial charge in [0, 0.05) is 20.1 Å². The lowest BCUT2D eigenvalue weighted by atomic mass is 9.98. The quantitative estimate of drug-likeness (QED) is 0.660. The fraction of sp³-hybridized carbons (Fsp3) is 0.667. The number of hydrogen-bond donors (Lipinski definition) is 1. The number of rotatable bonds is 3. The lowest BCUT2D eigenvalue weighted by Gasteiger charge is -2.44. The highest BCUT2D eigenvalue weighted by molar-refractivity contribution is 5.87. The van der Waals surface area contributed by atoms with Crippen LogP contribution in [0.4, 0.5) is 0 Å². The summed E-state index contributed by atoms with van der Waals surface area (Å²) in [5, 5.41) is 2.60. The summed E-state index contributed by atoms with van der Waals surface area (Å²) in [6.45, 7) is 5.43. The van der Waals surface area contributed by atoms with Crippen molar-refractivity contribution in [3.05, 3.63) is 0 Å². The molecule has 1 saturated heterocycles. The van der Waals surface area contributed by atoms with Gasteiger partial charge >= 0.3 is 0 Å². The Morgan fingerprint density at radius 3 is 2.76 bits per heavy atom. The van der Waals surface area contributed by atoms with E-state index in [0.29, 0.717) is 13.1 Å². The summed E-state index contributed by atoms with van der Waals surface area (Å²) in [5.74, 6) is 2.24. The van der Waals surface area contributed by atoms with E-state index in [4.69, 9.17) is 6.42 Å². The second-order valence-corrected chi connectivity index (χ2v) is 4.69. The van der Waals surface area contributed by atoms with Gasteiger partial charge in [0.25, 0.3) is 0 Å². The van der Waals surface area contributed by atoms with Crippen molar-refractivity contribution in [1.82, 2.24) is 15.1 Å². The van der Waals surface area contributed by atoms with E-state index in [0.717, 1.165) is 0 Å². The Morgan fingerprint density at radius 2 is 2.18 bits per heavy atom. The zero-order valence-electron chi connectivity index (χ0n) is 10.6. The van der Waals surface area contributed by atoms with Crippen LogP contribution in [0.25, 0.3) is 0 Å². The molecule has 0 spiro atoms. The molecule has 1 fully saturated rings. The first-order chi connectivity index (χ1) is 7.89. The van der Waals surface area contributed by atoms with Gasteiger partial charge in [0.1, 0.15) is 0 Å². The average Bonchev–Trinajstić information content (AvgIpc) is 2.28. The summed E-state index contributed by atoms with van der Waals surface area (Å²) < 4.78 is 0. The van der Waals surface area contributed by atoms with E-state index in [1.807, 2.05) is 18.7 Å². The van der Waals surface area contributed by atoms with Crippen molar-refractivity contribution >= 4 is 11.8 Å².